The lowest BCUT2D eigenvalue weighted by molar-refractivity contribution is 0.101. The highest BCUT2D eigenvalue weighted by atomic mass is 32.2. The molecule has 0 aliphatic rings. The Morgan fingerprint density at radius 2 is 1.73 bits per heavy atom. The molecule has 0 unspecified atom stereocenters. The van der Waals surface area contributed by atoms with E-state index in [0.29, 0.717) is 11.4 Å². The Morgan fingerprint density at radius 1 is 1.03 bits per heavy atom. The predicted molar refractivity (Wildman–Crippen MR) is 117 cm³/mol. The van der Waals surface area contributed by atoms with Crippen LogP contribution in [0.5, 0.6) is 0 Å². The Bertz CT molecular complexity index is 1450. The average molecular weight is 472 g/mol. The number of fused-ring (bicyclic) bond motifs is 1. The molecule has 0 bridgehead atoms. The van der Waals surface area contributed by atoms with Crippen molar-refractivity contribution in [2.75, 3.05) is 10.0 Å². The zero-order valence-electron chi connectivity index (χ0n) is 17.5. The van der Waals surface area contributed by atoms with Crippen LogP contribution in [0, 0.1) is 13.8 Å². The smallest absolute Gasteiger partial charge is 0.295 e. The summed E-state index contributed by atoms with van der Waals surface area (Å²) in [7, 11) is -3.84. The van der Waals surface area contributed by atoms with Crippen molar-refractivity contribution in [3.63, 3.8) is 0 Å². The summed E-state index contributed by atoms with van der Waals surface area (Å²) in [5.74, 6) is -1.24. The van der Waals surface area contributed by atoms with Gasteiger partial charge in [0, 0.05) is 11.4 Å². The molecule has 0 aliphatic carbocycles. The number of carbonyl (C=O) groups excluding carboxylic acids is 1. The van der Waals surface area contributed by atoms with E-state index in [-0.39, 0.29) is 22.2 Å². The zero-order chi connectivity index (χ0) is 23.8. The molecule has 9 nitrogen and oxygen atoms in total. The molecule has 4 aromatic rings. The van der Waals surface area contributed by atoms with Gasteiger partial charge in [-0.2, -0.15) is 9.50 Å². The maximum Gasteiger partial charge on any atom is 0.295 e. The van der Waals surface area contributed by atoms with Gasteiger partial charge in [-0.15, -0.1) is 5.10 Å². The number of nitrogens with one attached hydrogen (secondary N) is 2. The van der Waals surface area contributed by atoms with E-state index in [2.05, 4.69) is 25.1 Å². The van der Waals surface area contributed by atoms with E-state index in [4.69, 9.17) is 0 Å². The fourth-order valence-electron chi connectivity index (χ4n) is 3.06. The molecule has 2 heterocycles. The Hall–Kier alpha value is -3.93. The SMILES string of the molecule is Cc1cc(C(F)F)n2nc(C(=O)Nc3ccc(S(=O)(=O)Nc4ccccc4C)cc3)nc2n1. The first-order chi connectivity index (χ1) is 15.6. The Kier molecular flexibility index (Phi) is 5.77. The molecule has 2 aromatic carbocycles. The molecule has 170 valence electrons. The first-order valence-electron chi connectivity index (χ1n) is 9.66. The third-order valence-electron chi connectivity index (χ3n) is 4.71. The molecule has 12 heteroatoms. The number of carbonyl (C=O) groups is 1. The summed E-state index contributed by atoms with van der Waals surface area (Å²) in [6.07, 6.45) is -2.82. The van der Waals surface area contributed by atoms with E-state index in [1.165, 1.54) is 31.2 Å². The molecule has 0 saturated heterocycles. The number of anilines is 2. The Balaban J connectivity index is 1.53. The van der Waals surface area contributed by atoms with Crippen molar-refractivity contribution < 1.29 is 22.0 Å². The van der Waals surface area contributed by atoms with Crippen LogP contribution in [0.4, 0.5) is 20.2 Å². The number of aryl methyl sites for hydroxylation is 2. The first-order valence-corrected chi connectivity index (χ1v) is 11.1. The van der Waals surface area contributed by atoms with Crippen LogP contribution >= 0.6 is 0 Å². The lowest BCUT2D eigenvalue weighted by Gasteiger charge is -2.11. The molecule has 0 atom stereocenters. The summed E-state index contributed by atoms with van der Waals surface area (Å²) in [6, 6.07) is 13.6. The van der Waals surface area contributed by atoms with E-state index in [0.717, 1.165) is 16.1 Å². The molecule has 0 spiro atoms. The van der Waals surface area contributed by atoms with E-state index in [1.54, 1.807) is 31.2 Å². The van der Waals surface area contributed by atoms with Gasteiger partial charge < -0.3 is 5.32 Å². The third kappa shape index (κ3) is 4.65. The Labute approximate surface area is 187 Å². The van der Waals surface area contributed by atoms with Crippen molar-refractivity contribution >= 4 is 33.1 Å². The normalized spacial score (nSPS) is 11.7. The molecule has 2 aromatic heterocycles. The van der Waals surface area contributed by atoms with Gasteiger partial charge in [0.1, 0.15) is 5.69 Å². The van der Waals surface area contributed by atoms with Crippen molar-refractivity contribution in [1.82, 2.24) is 19.6 Å². The quantitative estimate of drug-likeness (QED) is 0.441. The molecule has 33 heavy (non-hydrogen) atoms. The van der Waals surface area contributed by atoms with Crippen molar-refractivity contribution in [1.29, 1.82) is 0 Å². The standard InChI is InChI=1S/C21H18F2N6O3S/c1-12-5-3-4-6-16(12)28-33(31,32)15-9-7-14(8-10-15)25-20(30)19-26-21-24-13(2)11-17(18(22)23)29(21)27-19/h3-11,18,28H,1-2H3,(H,25,30). The molecule has 4 rings (SSSR count). The van der Waals surface area contributed by atoms with Crippen LogP contribution in [0.15, 0.2) is 59.5 Å². The summed E-state index contributed by atoms with van der Waals surface area (Å²) < 4.78 is 55.1. The summed E-state index contributed by atoms with van der Waals surface area (Å²) >= 11 is 0. The highest BCUT2D eigenvalue weighted by Crippen LogP contribution is 2.22. The summed E-state index contributed by atoms with van der Waals surface area (Å²) in [4.78, 5) is 20.4. The van der Waals surface area contributed by atoms with Gasteiger partial charge in [0.2, 0.25) is 5.82 Å². The summed E-state index contributed by atoms with van der Waals surface area (Å²) in [5, 5.41) is 6.34. The van der Waals surface area contributed by atoms with E-state index < -0.39 is 28.0 Å². The van der Waals surface area contributed by atoms with Crippen LogP contribution in [0.1, 0.15) is 34.0 Å². The molecular weight excluding hydrogens is 454 g/mol. The maximum atomic E-state index is 13.3. The minimum Gasteiger partial charge on any atom is -0.319 e. The molecule has 1 amide bonds. The predicted octanol–water partition coefficient (Wildman–Crippen LogP) is 3.73. The second-order valence-corrected chi connectivity index (χ2v) is 8.85. The van der Waals surface area contributed by atoms with Crippen molar-refractivity contribution in [3.05, 3.63) is 77.4 Å². The second kappa shape index (κ2) is 8.54. The first kappa shape index (κ1) is 22.3. The lowest BCUT2D eigenvalue weighted by atomic mass is 10.2. The molecular formula is C21H18F2N6O3S. The number of halogens is 2. The van der Waals surface area contributed by atoms with Crippen LogP contribution < -0.4 is 10.0 Å². The number of hydrogen-bond donors (Lipinski definition) is 2. The number of rotatable bonds is 6. The highest BCUT2D eigenvalue weighted by molar-refractivity contribution is 7.92. The third-order valence-corrected chi connectivity index (χ3v) is 6.09. The van der Waals surface area contributed by atoms with Gasteiger partial charge in [-0.25, -0.2) is 22.2 Å². The van der Waals surface area contributed by atoms with Crippen LogP contribution in [0.25, 0.3) is 5.78 Å². The monoisotopic (exact) mass is 472 g/mol. The van der Waals surface area contributed by atoms with E-state index in [1.807, 2.05) is 0 Å². The molecule has 0 fully saturated rings. The van der Waals surface area contributed by atoms with Crippen LogP contribution in [0.3, 0.4) is 0 Å². The molecule has 0 radical (unpaired) electrons. The zero-order valence-corrected chi connectivity index (χ0v) is 18.3. The van der Waals surface area contributed by atoms with Crippen LogP contribution in [-0.2, 0) is 10.0 Å². The second-order valence-electron chi connectivity index (χ2n) is 7.17. The summed E-state index contributed by atoms with van der Waals surface area (Å²) in [6.45, 7) is 3.31. The topological polar surface area (TPSA) is 118 Å². The minimum atomic E-state index is -3.84. The fourth-order valence-corrected chi connectivity index (χ4v) is 4.19. The number of hydrogen-bond acceptors (Lipinski definition) is 6. The van der Waals surface area contributed by atoms with Gasteiger partial charge >= 0.3 is 0 Å². The van der Waals surface area contributed by atoms with Crippen LogP contribution in [-0.4, -0.2) is 33.9 Å². The maximum absolute atomic E-state index is 13.3. The van der Waals surface area contributed by atoms with E-state index >= 15 is 0 Å². The highest BCUT2D eigenvalue weighted by Gasteiger charge is 2.20. The van der Waals surface area contributed by atoms with Gasteiger partial charge in [0.05, 0.1) is 10.6 Å². The fraction of sp³-hybridized carbons (Fsp3) is 0.143. The van der Waals surface area contributed by atoms with Crippen LogP contribution in [0.2, 0.25) is 0 Å². The van der Waals surface area contributed by atoms with Gasteiger partial charge in [-0.1, -0.05) is 18.2 Å². The van der Waals surface area contributed by atoms with Crippen molar-refractivity contribution in [3.8, 4) is 0 Å². The number of para-hydroxylation sites is 1. The molecule has 2 N–H and O–H groups in total. The van der Waals surface area contributed by atoms with E-state index in [9.17, 15) is 22.0 Å². The summed E-state index contributed by atoms with van der Waals surface area (Å²) in [5.41, 5.74) is 1.38. The number of nitrogens with zero attached hydrogens (tertiary/aromatic N) is 4. The van der Waals surface area contributed by atoms with Gasteiger partial charge in [-0.05, 0) is 55.8 Å². The molecule has 0 aliphatic heterocycles. The van der Waals surface area contributed by atoms with Gasteiger partial charge in [0.25, 0.3) is 28.1 Å². The number of aromatic nitrogens is 4. The van der Waals surface area contributed by atoms with Gasteiger partial charge in [-0.3, -0.25) is 9.52 Å². The lowest BCUT2D eigenvalue weighted by Crippen LogP contribution is -2.15. The largest absolute Gasteiger partial charge is 0.319 e. The van der Waals surface area contributed by atoms with Crippen molar-refractivity contribution in [2.24, 2.45) is 0 Å². The number of benzene rings is 2. The molecule has 0 saturated carbocycles. The van der Waals surface area contributed by atoms with Gasteiger partial charge in [0.15, 0.2) is 0 Å². The number of alkyl halides is 2. The minimum absolute atomic E-state index is 0.00384. The number of amides is 1. The average Bonchev–Trinajstić information content (AvgIpc) is 3.19. The van der Waals surface area contributed by atoms with Crippen molar-refractivity contribution in [2.45, 2.75) is 25.2 Å². The number of sulfonamides is 1. The Morgan fingerprint density at radius 3 is 2.39 bits per heavy atom.